The van der Waals surface area contributed by atoms with Gasteiger partial charge in [-0.3, -0.25) is 0 Å². The van der Waals surface area contributed by atoms with Crippen molar-refractivity contribution in [3.63, 3.8) is 0 Å². The molecule has 1 heterocycles. The predicted molar refractivity (Wildman–Crippen MR) is 91.6 cm³/mol. The van der Waals surface area contributed by atoms with E-state index in [4.69, 9.17) is 9.47 Å². The van der Waals surface area contributed by atoms with Crippen LogP contribution in [0, 0.1) is 0 Å². The molecule has 0 spiro atoms. The summed E-state index contributed by atoms with van der Waals surface area (Å²) in [5.74, 6) is 0. The van der Waals surface area contributed by atoms with E-state index < -0.39 is 5.60 Å². The molecular formula is C18H28N2O3. The zero-order valence-electron chi connectivity index (χ0n) is 14.6. The minimum atomic E-state index is -0.476. The SMILES string of the molecule is CN(Cc1cccc(NC2CCCOC2)c1)C(=O)OC(C)(C)C. The molecule has 1 aromatic carbocycles. The van der Waals surface area contributed by atoms with Crippen LogP contribution < -0.4 is 5.32 Å². The van der Waals surface area contributed by atoms with Crippen LogP contribution in [0.5, 0.6) is 0 Å². The highest BCUT2D eigenvalue weighted by Gasteiger charge is 2.20. The van der Waals surface area contributed by atoms with Gasteiger partial charge in [-0.2, -0.15) is 0 Å². The van der Waals surface area contributed by atoms with Gasteiger partial charge in [-0.25, -0.2) is 4.79 Å². The van der Waals surface area contributed by atoms with Gasteiger partial charge in [0.2, 0.25) is 0 Å². The Bertz CT molecular complexity index is 519. The Kier molecular flexibility index (Phi) is 5.88. The summed E-state index contributed by atoms with van der Waals surface area (Å²) in [5.41, 5.74) is 1.66. The van der Waals surface area contributed by atoms with Crippen molar-refractivity contribution in [3.8, 4) is 0 Å². The third-order valence-corrected chi connectivity index (χ3v) is 3.58. The molecule has 2 rings (SSSR count). The second-order valence-corrected chi connectivity index (χ2v) is 7.10. The molecule has 128 valence electrons. The molecule has 0 aromatic heterocycles. The molecule has 0 aliphatic carbocycles. The number of rotatable bonds is 4. The van der Waals surface area contributed by atoms with E-state index in [-0.39, 0.29) is 6.09 Å². The molecule has 1 fully saturated rings. The number of nitrogens with zero attached hydrogens (tertiary/aromatic N) is 1. The van der Waals surface area contributed by atoms with E-state index in [9.17, 15) is 4.79 Å². The normalized spacial score (nSPS) is 18.3. The molecule has 0 radical (unpaired) electrons. The maximum atomic E-state index is 12.0. The van der Waals surface area contributed by atoms with Crippen LogP contribution in [-0.4, -0.2) is 42.9 Å². The lowest BCUT2D eigenvalue weighted by atomic mass is 10.1. The van der Waals surface area contributed by atoms with Gasteiger partial charge in [0.05, 0.1) is 6.61 Å². The van der Waals surface area contributed by atoms with Gasteiger partial charge in [-0.05, 0) is 51.3 Å². The molecular weight excluding hydrogens is 292 g/mol. The number of anilines is 1. The highest BCUT2D eigenvalue weighted by atomic mass is 16.6. The Morgan fingerprint density at radius 3 is 2.87 bits per heavy atom. The van der Waals surface area contributed by atoms with E-state index >= 15 is 0 Å². The molecule has 5 nitrogen and oxygen atoms in total. The van der Waals surface area contributed by atoms with Crippen LogP contribution in [0.25, 0.3) is 0 Å². The van der Waals surface area contributed by atoms with Crippen molar-refractivity contribution in [1.29, 1.82) is 0 Å². The van der Waals surface area contributed by atoms with Crippen LogP contribution in [0.1, 0.15) is 39.2 Å². The molecule has 1 aromatic rings. The smallest absolute Gasteiger partial charge is 0.410 e. The number of ether oxygens (including phenoxy) is 2. The largest absolute Gasteiger partial charge is 0.444 e. The minimum absolute atomic E-state index is 0.309. The topological polar surface area (TPSA) is 50.8 Å². The third kappa shape index (κ3) is 6.10. The monoisotopic (exact) mass is 320 g/mol. The molecule has 23 heavy (non-hydrogen) atoms. The van der Waals surface area contributed by atoms with Crippen molar-refractivity contribution in [1.82, 2.24) is 4.90 Å². The fourth-order valence-electron chi connectivity index (χ4n) is 2.53. The summed E-state index contributed by atoms with van der Waals surface area (Å²) < 4.78 is 10.9. The molecule has 1 saturated heterocycles. The van der Waals surface area contributed by atoms with Gasteiger partial charge in [0.25, 0.3) is 0 Å². The van der Waals surface area contributed by atoms with Crippen molar-refractivity contribution < 1.29 is 14.3 Å². The summed E-state index contributed by atoms with van der Waals surface area (Å²) in [5, 5.41) is 3.50. The average molecular weight is 320 g/mol. The standard InChI is InChI=1S/C18H28N2O3/c1-18(2,3)23-17(21)20(4)12-14-7-5-8-15(11-14)19-16-9-6-10-22-13-16/h5,7-8,11,16,19H,6,9-10,12-13H2,1-4H3. The van der Waals surface area contributed by atoms with Gasteiger partial charge in [0.1, 0.15) is 5.60 Å². The molecule has 5 heteroatoms. The van der Waals surface area contributed by atoms with Crippen LogP contribution in [0.3, 0.4) is 0 Å². The number of benzene rings is 1. The first-order chi connectivity index (χ1) is 10.8. The summed E-state index contributed by atoms with van der Waals surface area (Å²) in [7, 11) is 1.75. The van der Waals surface area contributed by atoms with Crippen molar-refractivity contribution in [2.75, 3.05) is 25.6 Å². The van der Waals surface area contributed by atoms with Crippen LogP contribution in [-0.2, 0) is 16.0 Å². The lowest BCUT2D eigenvalue weighted by molar-refractivity contribution is 0.0285. The first-order valence-electron chi connectivity index (χ1n) is 8.21. The fraction of sp³-hybridized carbons (Fsp3) is 0.611. The Morgan fingerprint density at radius 2 is 2.22 bits per heavy atom. The van der Waals surface area contributed by atoms with Crippen LogP contribution in [0.4, 0.5) is 10.5 Å². The lowest BCUT2D eigenvalue weighted by Crippen LogP contribution is -2.33. The maximum Gasteiger partial charge on any atom is 0.410 e. The van der Waals surface area contributed by atoms with E-state index in [0.717, 1.165) is 37.3 Å². The second kappa shape index (κ2) is 7.68. The molecule has 1 aliphatic rings. The van der Waals surface area contributed by atoms with E-state index in [0.29, 0.717) is 12.6 Å². The van der Waals surface area contributed by atoms with Crippen LogP contribution in [0.15, 0.2) is 24.3 Å². The Balaban J connectivity index is 1.92. The summed E-state index contributed by atoms with van der Waals surface area (Å²) in [6, 6.07) is 8.51. The molecule has 1 amide bonds. The van der Waals surface area contributed by atoms with Crippen LogP contribution >= 0.6 is 0 Å². The zero-order chi connectivity index (χ0) is 16.9. The molecule has 1 N–H and O–H groups in total. The van der Waals surface area contributed by atoms with Crippen molar-refractivity contribution in [3.05, 3.63) is 29.8 Å². The van der Waals surface area contributed by atoms with Gasteiger partial charge < -0.3 is 19.7 Å². The number of hydrogen-bond donors (Lipinski definition) is 1. The number of carbonyl (C=O) groups is 1. The number of hydrogen-bond acceptors (Lipinski definition) is 4. The van der Waals surface area contributed by atoms with Crippen molar-refractivity contribution in [2.45, 2.75) is 51.8 Å². The molecule has 0 saturated carbocycles. The summed E-state index contributed by atoms with van der Waals surface area (Å²) in [6.07, 6.45) is 1.91. The van der Waals surface area contributed by atoms with Crippen molar-refractivity contribution in [2.24, 2.45) is 0 Å². The Hall–Kier alpha value is -1.75. The number of amides is 1. The summed E-state index contributed by atoms with van der Waals surface area (Å²) in [6.45, 7) is 7.74. The van der Waals surface area contributed by atoms with Gasteiger partial charge in [-0.1, -0.05) is 12.1 Å². The summed E-state index contributed by atoms with van der Waals surface area (Å²) in [4.78, 5) is 13.6. The first-order valence-corrected chi connectivity index (χ1v) is 8.21. The average Bonchev–Trinajstić information content (AvgIpc) is 2.47. The first kappa shape index (κ1) is 17.6. The highest BCUT2D eigenvalue weighted by Crippen LogP contribution is 2.17. The molecule has 1 aliphatic heterocycles. The minimum Gasteiger partial charge on any atom is -0.444 e. The maximum absolute atomic E-state index is 12.0. The Morgan fingerprint density at radius 1 is 1.43 bits per heavy atom. The predicted octanol–water partition coefficient (Wildman–Crippen LogP) is 3.64. The van der Waals surface area contributed by atoms with E-state index in [1.54, 1.807) is 11.9 Å². The summed E-state index contributed by atoms with van der Waals surface area (Å²) >= 11 is 0. The van der Waals surface area contributed by atoms with Gasteiger partial charge in [-0.15, -0.1) is 0 Å². The van der Waals surface area contributed by atoms with E-state index in [1.165, 1.54) is 0 Å². The van der Waals surface area contributed by atoms with Gasteiger partial charge in [0, 0.05) is 31.9 Å². The third-order valence-electron chi connectivity index (χ3n) is 3.58. The number of carbonyl (C=O) groups excluding carboxylic acids is 1. The highest BCUT2D eigenvalue weighted by molar-refractivity contribution is 5.67. The number of nitrogens with one attached hydrogen (secondary N) is 1. The van der Waals surface area contributed by atoms with E-state index in [2.05, 4.69) is 11.4 Å². The van der Waals surface area contributed by atoms with Crippen LogP contribution in [0.2, 0.25) is 0 Å². The lowest BCUT2D eigenvalue weighted by Gasteiger charge is -2.26. The fourth-order valence-corrected chi connectivity index (χ4v) is 2.53. The molecule has 0 bridgehead atoms. The van der Waals surface area contributed by atoms with Crippen molar-refractivity contribution >= 4 is 11.8 Å². The molecule has 1 unspecified atom stereocenters. The van der Waals surface area contributed by atoms with E-state index in [1.807, 2.05) is 39.0 Å². The van der Waals surface area contributed by atoms with Gasteiger partial charge in [0.15, 0.2) is 0 Å². The quantitative estimate of drug-likeness (QED) is 0.920. The molecule has 1 atom stereocenters. The Labute approximate surface area is 139 Å². The van der Waals surface area contributed by atoms with Gasteiger partial charge >= 0.3 is 6.09 Å². The zero-order valence-corrected chi connectivity index (χ0v) is 14.6. The second-order valence-electron chi connectivity index (χ2n) is 7.10.